The van der Waals surface area contributed by atoms with Crippen LogP contribution < -0.4 is 10.6 Å². The van der Waals surface area contributed by atoms with Crippen LogP contribution in [0.4, 0.5) is 5.13 Å². The first-order chi connectivity index (χ1) is 8.70. The van der Waals surface area contributed by atoms with Crippen LogP contribution in [0.3, 0.4) is 0 Å². The number of aromatic nitrogens is 1. The van der Waals surface area contributed by atoms with E-state index in [0.717, 1.165) is 23.8 Å². The maximum absolute atomic E-state index is 5.68. The Morgan fingerprint density at radius 2 is 2.00 bits per heavy atom. The normalized spacial score (nSPS) is 10.6. The van der Waals surface area contributed by atoms with Crippen LogP contribution in [-0.4, -0.2) is 18.6 Å². The number of aryl methyl sites for hydroxylation is 1. The predicted molar refractivity (Wildman–Crippen MR) is 78.2 cm³/mol. The van der Waals surface area contributed by atoms with E-state index < -0.39 is 0 Å². The SMILES string of the molecule is Cc1nc(N(C)CCc2ccccc2)sc1CN. The molecule has 0 radical (unpaired) electrons. The van der Waals surface area contributed by atoms with E-state index in [2.05, 4.69) is 41.2 Å². The fourth-order valence-electron chi connectivity index (χ4n) is 1.80. The smallest absolute Gasteiger partial charge is 0.185 e. The highest BCUT2D eigenvalue weighted by Crippen LogP contribution is 2.24. The first-order valence-electron chi connectivity index (χ1n) is 6.12. The first kappa shape index (κ1) is 13.1. The Kier molecular flexibility index (Phi) is 4.33. The summed E-state index contributed by atoms with van der Waals surface area (Å²) in [6, 6.07) is 10.5. The van der Waals surface area contributed by atoms with Gasteiger partial charge in [0.25, 0.3) is 0 Å². The van der Waals surface area contributed by atoms with Crippen molar-refractivity contribution in [1.29, 1.82) is 0 Å². The van der Waals surface area contributed by atoms with Gasteiger partial charge in [-0.05, 0) is 18.9 Å². The summed E-state index contributed by atoms with van der Waals surface area (Å²) < 4.78 is 0. The largest absolute Gasteiger partial charge is 0.351 e. The van der Waals surface area contributed by atoms with E-state index >= 15 is 0 Å². The third kappa shape index (κ3) is 3.09. The molecule has 0 aliphatic rings. The van der Waals surface area contributed by atoms with Crippen LogP contribution in [0.25, 0.3) is 0 Å². The average Bonchev–Trinajstić information content (AvgIpc) is 2.78. The topological polar surface area (TPSA) is 42.2 Å². The molecule has 0 fully saturated rings. The molecular weight excluding hydrogens is 242 g/mol. The second-order valence-electron chi connectivity index (χ2n) is 4.37. The van der Waals surface area contributed by atoms with Gasteiger partial charge in [-0.2, -0.15) is 0 Å². The number of benzene rings is 1. The van der Waals surface area contributed by atoms with Gasteiger partial charge < -0.3 is 10.6 Å². The standard InChI is InChI=1S/C14H19N3S/c1-11-13(10-15)18-14(16-11)17(2)9-8-12-6-4-3-5-7-12/h3-7H,8-10,15H2,1-2H3. The summed E-state index contributed by atoms with van der Waals surface area (Å²) in [6.45, 7) is 3.57. The zero-order chi connectivity index (χ0) is 13.0. The van der Waals surface area contributed by atoms with Gasteiger partial charge in [0.15, 0.2) is 5.13 Å². The van der Waals surface area contributed by atoms with Crippen molar-refractivity contribution >= 4 is 16.5 Å². The van der Waals surface area contributed by atoms with Gasteiger partial charge in [0.1, 0.15) is 0 Å². The monoisotopic (exact) mass is 261 g/mol. The van der Waals surface area contributed by atoms with Crippen molar-refractivity contribution in [3.63, 3.8) is 0 Å². The van der Waals surface area contributed by atoms with E-state index in [1.165, 1.54) is 10.4 Å². The Hall–Kier alpha value is -1.39. The van der Waals surface area contributed by atoms with Gasteiger partial charge in [-0.15, -0.1) is 11.3 Å². The second-order valence-corrected chi connectivity index (χ2v) is 5.43. The van der Waals surface area contributed by atoms with Crippen LogP contribution in [0, 0.1) is 6.92 Å². The highest BCUT2D eigenvalue weighted by atomic mass is 32.1. The van der Waals surface area contributed by atoms with Crippen LogP contribution in [0.5, 0.6) is 0 Å². The van der Waals surface area contributed by atoms with Crippen molar-refractivity contribution in [3.05, 3.63) is 46.5 Å². The Labute approximate surface area is 112 Å². The van der Waals surface area contributed by atoms with Gasteiger partial charge in [-0.3, -0.25) is 0 Å². The lowest BCUT2D eigenvalue weighted by Crippen LogP contribution is -2.20. The van der Waals surface area contributed by atoms with Gasteiger partial charge in [0, 0.05) is 25.0 Å². The van der Waals surface area contributed by atoms with E-state index in [4.69, 9.17) is 5.73 Å². The molecule has 1 aromatic carbocycles. The summed E-state index contributed by atoms with van der Waals surface area (Å²) in [5, 5.41) is 1.06. The van der Waals surface area contributed by atoms with Gasteiger partial charge in [-0.25, -0.2) is 4.98 Å². The minimum absolute atomic E-state index is 0.579. The average molecular weight is 261 g/mol. The number of anilines is 1. The summed E-state index contributed by atoms with van der Waals surface area (Å²) in [5.74, 6) is 0. The highest BCUT2D eigenvalue weighted by molar-refractivity contribution is 7.15. The van der Waals surface area contributed by atoms with Crippen LogP contribution in [0.1, 0.15) is 16.1 Å². The van der Waals surface area contributed by atoms with Crippen LogP contribution in [0.2, 0.25) is 0 Å². The van der Waals surface area contributed by atoms with Crippen molar-refractivity contribution in [2.24, 2.45) is 5.73 Å². The molecule has 0 saturated carbocycles. The summed E-state index contributed by atoms with van der Waals surface area (Å²) >= 11 is 1.69. The molecule has 96 valence electrons. The quantitative estimate of drug-likeness (QED) is 0.899. The molecule has 0 aliphatic heterocycles. The van der Waals surface area contributed by atoms with Gasteiger partial charge in [-0.1, -0.05) is 30.3 Å². The van der Waals surface area contributed by atoms with Crippen molar-refractivity contribution in [2.45, 2.75) is 19.9 Å². The second kappa shape index (κ2) is 5.98. The van der Waals surface area contributed by atoms with E-state index in [9.17, 15) is 0 Å². The predicted octanol–water partition coefficient (Wildman–Crippen LogP) is 2.59. The minimum Gasteiger partial charge on any atom is -0.351 e. The van der Waals surface area contributed by atoms with E-state index in [-0.39, 0.29) is 0 Å². The van der Waals surface area contributed by atoms with Gasteiger partial charge in [0.05, 0.1) is 5.69 Å². The van der Waals surface area contributed by atoms with Crippen LogP contribution in [-0.2, 0) is 13.0 Å². The summed E-state index contributed by atoms with van der Waals surface area (Å²) in [4.78, 5) is 7.93. The van der Waals surface area contributed by atoms with Crippen molar-refractivity contribution in [3.8, 4) is 0 Å². The molecule has 2 N–H and O–H groups in total. The molecule has 0 unspecified atom stereocenters. The van der Waals surface area contributed by atoms with E-state index in [1.54, 1.807) is 11.3 Å². The number of thiazole rings is 1. The number of hydrogen-bond donors (Lipinski definition) is 1. The fourth-order valence-corrected chi connectivity index (χ4v) is 2.73. The number of rotatable bonds is 5. The molecule has 0 saturated heterocycles. The maximum atomic E-state index is 5.68. The summed E-state index contributed by atoms with van der Waals surface area (Å²) in [6.07, 6.45) is 1.04. The molecule has 2 aromatic rings. The molecule has 4 heteroatoms. The first-order valence-corrected chi connectivity index (χ1v) is 6.94. The molecule has 1 aromatic heterocycles. The Balaban J connectivity index is 1.97. The van der Waals surface area contributed by atoms with Crippen LogP contribution >= 0.6 is 11.3 Å². The lowest BCUT2D eigenvalue weighted by molar-refractivity contribution is 0.869. The van der Waals surface area contributed by atoms with Crippen molar-refractivity contribution < 1.29 is 0 Å². The third-order valence-corrected chi connectivity index (χ3v) is 4.27. The number of nitrogens with two attached hydrogens (primary N) is 1. The van der Waals surface area contributed by atoms with Crippen LogP contribution in [0.15, 0.2) is 30.3 Å². The molecule has 2 rings (SSSR count). The molecule has 0 spiro atoms. The Bertz CT molecular complexity index is 493. The molecule has 3 nitrogen and oxygen atoms in total. The van der Waals surface area contributed by atoms with Crippen molar-refractivity contribution in [2.75, 3.05) is 18.5 Å². The molecule has 0 atom stereocenters. The van der Waals surface area contributed by atoms with E-state index in [1.807, 2.05) is 13.0 Å². The Morgan fingerprint density at radius 1 is 1.28 bits per heavy atom. The fraction of sp³-hybridized carbons (Fsp3) is 0.357. The summed E-state index contributed by atoms with van der Waals surface area (Å²) in [5.41, 5.74) is 8.10. The highest BCUT2D eigenvalue weighted by Gasteiger charge is 2.09. The van der Waals surface area contributed by atoms with Crippen molar-refractivity contribution in [1.82, 2.24) is 4.98 Å². The minimum atomic E-state index is 0.579. The lowest BCUT2D eigenvalue weighted by atomic mass is 10.1. The third-order valence-electron chi connectivity index (χ3n) is 2.97. The summed E-state index contributed by atoms with van der Waals surface area (Å²) in [7, 11) is 2.08. The van der Waals surface area contributed by atoms with Gasteiger partial charge in [0.2, 0.25) is 0 Å². The van der Waals surface area contributed by atoms with E-state index in [0.29, 0.717) is 6.54 Å². The Morgan fingerprint density at radius 3 is 2.61 bits per heavy atom. The molecule has 0 amide bonds. The molecule has 1 heterocycles. The molecule has 18 heavy (non-hydrogen) atoms. The molecular formula is C14H19N3S. The number of nitrogens with zero attached hydrogens (tertiary/aromatic N) is 2. The lowest BCUT2D eigenvalue weighted by Gasteiger charge is -2.15. The zero-order valence-electron chi connectivity index (χ0n) is 10.9. The maximum Gasteiger partial charge on any atom is 0.185 e. The molecule has 0 aliphatic carbocycles. The molecule has 0 bridgehead atoms. The number of likely N-dealkylation sites (N-methyl/N-ethyl adjacent to an activating group) is 1. The van der Waals surface area contributed by atoms with Gasteiger partial charge >= 0.3 is 0 Å². The zero-order valence-corrected chi connectivity index (χ0v) is 11.7. The number of hydrogen-bond acceptors (Lipinski definition) is 4.